The molecule has 32 heavy (non-hydrogen) atoms. The first-order chi connectivity index (χ1) is 15.6. The summed E-state index contributed by atoms with van der Waals surface area (Å²) in [6.45, 7) is 2.57. The minimum absolute atomic E-state index is 0.285. The molecular weight excluding hydrogens is 628 g/mol. The standard InChI is InChI=1S/C25H19I2N3O2/c1-2-32-24-20(26)12-16(13-21(24)27)15-28-30-25(31)19-14-23(17-8-4-3-5-9-17)29-22-11-7-6-10-18(19)22/h3-15H,2H2,1H3,(H,30,31)/b28-15+. The van der Waals surface area contributed by atoms with Crippen molar-refractivity contribution in [2.75, 3.05) is 6.61 Å². The number of nitrogens with one attached hydrogen (secondary N) is 1. The van der Waals surface area contributed by atoms with Gasteiger partial charge in [0.25, 0.3) is 5.91 Å². The van der Waals surface area contributed by atoms with Crippen LogP contribution in [0.5, 0.6) is 5.75 Å². The van der Waals surface area contributed by atoms with Crippen molar-refractivity contribution in [3.63, 3.8) is 0 Å². The molecular formula is C25H19I2N3O2. The van der Waals surface area contributed by atoms with Crippen LogP contribution in [0.25, 0.3) is 22.2 Å². The van der Waals surface area contributed by atoms with Crippen LogP contribution in [-0.4, -0.2) is 23.7 Å². The molecule has 5 nitrogen and oxygen atoms in total. The second kappa shape index (κ2) is 10.4. The van der Waals surface area contributed by atoms with E-state index < -0.39 is 0 Å². The Morgan fingerprint density at radius 1 is 1.03 bits per heavy atom. The molecule has 0 aliphatic rings. The fourth-order valence-electron chi connectivity index (χ4n) is 3.28. The highest BCUT2D eigenvalue weighted by molar-refractivity contribution is 14.1. The lowest BCUT2D eigenvalue weighted by Gasteiger charge is -2.10. The van der Waals surface area contributed by atoms with Crippen LogP contribution >= 0.6 is 45.2 Å². The molecule has 0 spiro atoms. The van der Waals surface area contributed by atoms with Crippen LogP contribution in [0, 0.1) is 7.14 Å². The molecule has 0 saturated heterocycles. The highest BCUT2D eigenvalue weighted by Gasteiger charge is 2.13. The third-order valence-electron chi connectivity index (χ3n) is 4.72. The number of benzene rings is 3. The van der Waals surface area contributed by atoms with Crippen molar-refractivity contribution in [3.8, 4) is 17.0 Å². The first-order valence-electron chi connectivity index (χ1n) is 9.97. The van der Waals surface area contributed by atoms with E-state index in [1.165, 1.54) is 0 Å². The molecule has 0 unspecified atom stereocenters. The van der Waals surface area contributed by atoms with Gasteiger partial charge in [-0.25, -0.2) is 10.4 Å². The van der Waals surface area contributed by atoms with Crippen LogP contribution in [0.15, 0.2) is 77.9 Å². The van der Waals surface area contributed by atoms with E-state index >= 15 is 0 Å². The summed E-state index contributed by atoms with van der Waals surface area (Å²) in [5.74, 6) is 0.582. The summed E-state index contributed by atoms with van der Waals surface area (Å²) in [4.78, 5) is 17.8. The van der Waals surface area contributed by atoms with Crippen LogP contribution in [0.3, 0.4) is 0 Å². The topological polar surface area (TPSA) is 63.6 Å². The maximum Gasteiger partial charge on any atom is 0.272 e. The number of para-hydroxylation sites is 1. The molecule has 1 aromatic heterocycles. The van der Waals surface area contributed by atoms with Crippen LogP contribution in [0.1, 0.15) is 22.8 Å². The molecule has 0 fully saturated rings. The van der Waals surface area contributed by atoms with Gasteiger partial charge in [-0.15, -0.1) is 0 Å². The monoisotopic (exact) mass is 647 g/mol. The summed E-state index contributed by atoms with van der Waals surface area (Å²) in [5.41, 5.74) is 6.54. The maximum absolute atomic E-state index is 13.0. The molecule has 0 saturated carbocycles. The van der Waals surface area contributed by atoms with Crippen molar-refractivity contribution in [2.45, 2.75) is 6.92 Å². The first-order valence-corrected chi connectivity index (χ1v) is 12.1. The zero-order valence-corrected chi connectivity index (χ0v) is 21.5. The predicted octanol–water partition coefficient (Wildman–Crippen LogP) is 6.27. The zero-order chi connectivity index (χ0) is 22.5. The summed E-state index contributed by atoms with van der Waals surface area (Å²) in [6.07, 6.45) is 1.64. The fraction of sp³-hybridized carbons (Fsp3) is 0.0800. The number of pyridine rings is 1. The number of amides is 1. The van der Waals surface area contributed by atoms with Gasteiger partial charge in [-0.2, -0.15) is 5.10 Å². The molecule has 0 aliphatic carbocycles. The minimum atomic E-state index is -0.285. The van der Waals surface area contributed by atoms with Crippen molar-refractivity contribution in [1.82, 2.24) is 10.4 Å². The number of rotatable bonds is 6. The summed E-state index contributed by atoms with van der Waals surface area (Å²) < 4.78 is 7.67. The summed E-state index contributed by atoms with van der Waals surface area (Å²) in [7, 11) is 0. The molecule has 7 heteroatoms. The van der Waals surface area contributed by atoms with Crippen LogP contribution in [-0.2, 0) is 0 Å². The van der Waals surface area contributed by atoms with E-state index in [-0.39, 0.29) is 5.91 Å². The van der Waals surface area contributed by atoms with Crippen LogP contribution < -0.4 is 10.2 Å². The van der Waals surface area contributed by atoms with Crippen molar-refractivity contribution in [3.05, 3.63) is 91.1 Å². The number of hydrogen-bond donors (Lipinski definition) is 1. The Kier molecular flexibility index (Phi) is 7.36. The smallest absolute Gasteiger partial charge is 0.272 e. The van der Waals surface area contributed by atoms with Crippen molar-refractivity contribution < 1.29 is 9.53 Å². The third kappa shape index (κ3) is 5.09. The van der Waals surface area contributed by atoms with Gasteiger partial charge in [0.2, 0.25) is 0 Å². The Bertz CT molecular complexity index is 1280. The Labute approximate surface area is 213 Å². The van der Waals surface area contributed by atoms with E-state index in [1.807, 2.05) is 79.7 Å². The molecule has 1 amide bonds. The van der Waals surface area contributed by atoms with Gasteiger partial charge >= 0.3 is 0 Å². The van der Waals surface area contributed by atoms with Gasteiger partial charge in [-0.05, 0) is 81.9 Å². The SMILES string of the molecule is CCOc1c(I)cc(/C=N/NC(=O)c2cc(-c3ccccc3)nc3ccccc23)cc1I. The number of carbonyl (C=O) groups is 1. The Morgan fingerprint density at radius 3 is 2.44 bits per heavy atom. The Hall–Kier alpha value is -2.53. The summed E-state index contributed by atoms with van der Waals surface area (Å²) in [5, 5.41) is 4.98. The number of carbonyl (C=O) groups excluding carboxylic acids is 1. The second-order valence-corrected chi connectivity index (χ2v) is 9.21. The molecule has 0 aliphatic heterocycles. The largest absolute Gasteiger partial charge is 0.492 e. The van der Waals surface area contributed by atoms with Gasteiger partial charge in [0.1, 0.15) is 5.75 Å². The van der Waals surface area contributed by atoms with Crippen molar-refractivity contribution in [1.29, 1.82) is 0 Å². The average Bonchev–Trinajstić information content (AvgIpc) is 2.81. The predicted molar refractivity (Wildman–Crippen MR) is 145 cm³/mol. The number of fused-ring (bicyclic) bond motifs is 1. The molecule has 4 rings (SSSR count). The quantitative estimate of drug-likeness (QED) is 0.153. The lowest BCUT2D eigenvalue weighted by atomic mass is 10.0. The number of halogens is 2. The lowest BCUT2D eigenvalue weighted by molar-refractivity contribution is 0.0956. The average molecular weight is 647 g/mol. The van der Waals surface area contributed by atoms with E-state index in [2.05, 4.69) is 55.7 Å². The van der Waals surface area contributed by atoms with E-state index in [4.69, 9.17) is 9.72 Å². The fourth-order valence-corrected chi connectivity index (χ4v) is 5.41. The number of nitrogens with zero attached hydrogens (tertiary/aromatic N) is 2. The molecule has 1 N–H and O–H groups in total. The molecule has 3 aromatic carbocycles. The van der Waals surface area contributed by atoms with Gasteiger partial charge in [0, 0.05) is 10.9 Å². The zero-order valence-electron chi connectivity index (χ0n) is 17.2. The van der Waals surface area contributed by atoms with E-state index in [1.54, 1.807) is 6.21 Å². The highest BCUT2D eigenvalue weighted by Crippen LogP contribution is 2.28. The van der Waals surface area contributed by atoms with Gasteiger partial charge < -0.3 is 4.74 Å². The van der Waals surface area contributed by atoms with Gasteiger partial charge in [0.15, 0.2) is 0 Å². The normalized spacial score (nSPS) is 11.1. The summed E-state index contributed by atoms with van der Waals surface area (Å²) in [6, 6.07) is 23.2. The molecule has 4 aromatic rings. The van der Waals surface area contributed by atoms with E-state index in [9.17, 15) is 4.79 Å². The summed E-state index contributed by atoms with van der Waals surface area (Å²) >= 11 is 4.48. The molecule has 0 bridgehead atoms. The van der Waals surface area contributed by atoms with Crippen LogP contribution in [0.2, 0.25) is 0 Å². The molecule has 1 heterocycles. The Balaban J connectivity index is 1.62. The maximum atomic E-state index is 13.0. The van der Waals surface area contributed by atoms with E-state index in [0.717, 1.165) is 40.6 Å². The van der Waals surface area contributed by atoms with Gasteiger partial charge in [0.05, 0.1) is 36.7 Å². The Morgan fingerprint density at radius 2 is 1.72 bits per heavy atom. The minimum Gasteiger partial charge on any atom is -0.492 e. The first kappa shape index (κ1) is 22.7. The van der Waals surface area contributed by atoms with Crippen molar-refractivity contribution >= 4 is 68.2 Å². The number of aromatic nitrogens is 1. The number of hydrazone groups is 1. The second-order valence-electron chi connectivity index (χ2n) is 6.88. The molecule has 160 valence electrons. The highest BCUT2D eigenvalue weighted by atomic mass is 127. The van der Waals surface area contributed by atoms with Crippen molar-refractivity contribution in [2.24, 2.45) is 5.10 Å². The third-order valence-corrected chi connectivity index (χ3v) is 6.32. The number of hydrogen-bond acceptors (Lipinski definition) is 4. The number of ether oxygens (including phenoxy) is 1. The molecule has 0 radical (unpaired) electrons. The van der Waals surface area contributed by atoms with Gasteiger partial charge in [-0.3, -0.25) is 4.79 Å². The van der Waals surface area contributed by atoms with Gasteiger partial charge in [-0.1, -0.05) is 48.5 Å². The lowest BCUT2D eigenvalue weighted by Crippen LogP contribution is -2.18. The van der Waals surface area contributed by atoms with E-state index in [0.29, 0.717) is 12.2 Å². The molecule has 0 atom stereocenters. The van der Waals surface area contributed by atoms with Crippen LogP contribution in [0.4, 0.5) is 0 Å².